The zero-order valence-corrected chi connectivity index (χ0v) is 21.2. The Labute approximate surface area is 212 Å². The first-order valence-corrected chi connectivity index (χ1v) is 12.9. The Kier molecular flexibility index (Phi) is 7.27. The fourth-order valence-electron chi connectivity index (χ4n) is 4.86. The number of pyridine rings is 1. The highest BCUT2D eigenvalue weighted by molar-refractivity contribution is 7.89. The molecule has 1 aromatic heterocycles. The number of hydrogen-bond donors (Lipinski definition) is 1. The number of carboxylic acids is 1. The molecule has 202 valence electrons. The van der Waals surface area contributed by atoms with E-state index >= 15 is 0 Å². The second-order valence-corrected chi connectivity index (χ2v) is 11.0. The van der Waals surface area contributed by atoms with E-state index in [4.69, 9.17) is 19.4 Å². The topological polar surface area (TPSA) is 113 Å². The van der Waals surface area contributed by atoms with Gasteiger partial charge in [0.05, 0.1) is 12.1 Å². The molecule has 2 atom stereocenters. The lowest BCUT2D eigenvalue weighted by atomic mass is 10.1. The SMILES string of the molecule is CC(C)N1C2CN(Cc3ccc4c(c3)OCO4)CC2N(C)c2ncccc2S1(=O)=O.O=C(O)C(F)(F)F. The molecule has 10 nitrogen and oxygen atoms in total. The highest BCUT2D eigenvalue weighted by Gasteiger charge is 2.49. The first kappa shape index (κ1) is 26.9. The average Bonchev–Trinajstić information content (AvgIpc) is 3.43. The van der Waals surface area contributed by atoms with E-state index in [2.05, 4.69) is 9.88 Å². The van der Waals surface area contributed by atoms with E-state index in [0.29, 0.717) is 12.4 Å². The second-order valence-electron chi connectivity index (χ2n) is 9.18. The van der Waals surface area contributed by atoms with Gasteiger partial charge in [0, 0.05) is 38.9 Å². The van der Waals surface area contributed by atoms with E-state index in [-0.39, 0.29) is 29.8 Å². The summed E-state index contributed by atoms with van der Waals surface area (Å²) < 4.78 is 71.4. The molecular weight excluding hydrogens is 517 g/mol. The number of anilines is 1. The monoisotopic (exact) mass is 544 g/mol. The standard InChI is InChI=1S/C21H26N4O4S.C2HF3O2/c1-14(2)25-17-12-24(10-15-6-7-18-19(9-15)29-13-28-18)11-16(17)23(3)21-20(30(25,26)27)5-4-8-22-21;3-2(4,5)1(6)7/h4-9,14,16-17H,10-13H2,1-3H3;(H,6,7). The Hall–Kier alpha value is -3.10. The van der Waals surface area contributed by atoms with Gasteiger partial charge in [-0.3, -0.25) is 4.90 Å². The number of rotatable bonds is 3. The van der Waals surface area contributed by atoms with Crippen molar-refractivity contribution in [2.24, 2.45) is 0 Å². The van der Waals surface area contributed by atoms with Gasteiger partial charge in [-0.15, -0.1) is 0 Å². The largest absolute Gasteiger partial charge is 0.490 e. The van der Waals surface area contributed by atoms with Crippen molar-refractivity contribution in [2.45, 2.75) is 49.6 Å². The molecule has 0 aliphatic carbocycles. The van der Waals surface area contributed by atoms with Crippen LogP contribution in [0.25, 0.3) is 0 Å². The lowest BCUT2D eigenvalue weighted by molar-refractivity contribution is -0.192. The smallest absolute Gasteiger partial charge is 0.475 e. The van der Waals surface area contributed by atoms with Gasteiger partial charge in [-0.25, -0.2) is 18.2 Å². The lowest BCUT2D eigenvalue weighted by Crippen LogP contribution is -2.52. The van der Waals surface area contributed by atoms with Gasteiger partial charge in [0.1, 0.15) is 10.7 Å². The van der Waals surface area contributed by atoms with Crippen LogP contribution >= 0.6 is 0 Å². The Morgan fingerprint density at radius 3 is 2.46 bits per heavy atom. The molecule has 3 aliphatic rings. The number of likely N-dealkylation sites (tertiary alicyclic amines) is 1. The summed E-state index contributed by atoms with van der Waals surface area (Å²) in [7, 11) is -1.69. The molecule has 0 amide bonds. The maximum Gasteiger partial charge on any atom is 0.490 e. The van der Waals surface area contributed by atoms with Crippen LogP contribution in [-0.2, 0) is 21.4 Å². The predicted molar refractivity (Wildman–Crippen MR) is 126 cm³/mol. The molecule has 3 aliphatic heterocycles. The number of sulfonamides is 1. The van der Waals surface area contributed by atoms with Crippen LogP contribution in [0, 0.1) is 0 Å². The normalized spacial score (nSPS) is 22.6. The first-order valence-electron chi connectivity index (χ1n) is 11.4. The zero-order valence-electron chi connectivity index (χ0n) is 20.3. The van der Waals surface area contributed by atoms with Crippen molar-refractivity contribution >= 4 is 21.8 Å². The molecule has 1 aromatic carbocycles. The van der Waals surface area contributed by atoms with E-state index in [1.54, 1.807) is 22.6 Å². The Balaban J connectivity index is 0.000000405. The van der Waals surface area contributed by atoms with Crippen LogP contribution in [0.5, 0.6) is 11.5 Å². The van der Waals surface area contributed by atoms with Crippen LogP contribution in [0.2, 0.25) is 0 Å². The number of carbonyl (C=O) groups is 1. The highest BCUT2D eigenvalue weighted by Crippen LogP contribution is 2.38. The van der Waals surface area contributed by atoms with Gasteiger partial charge in [-0.1, -0.05) is 6.07 Å². The van der Waals surface area contributed by atoms with Crippen LogP contribution in [-0.4, -0.2) is 84.9 Å². The molecule has 1 fully saturated rings. The van der Waals surface area contributed by atoms with Crippen molar-refractivity contribution in [1.29, 1.82) is 0 Å². The van der Waals surface area contributed by atoms with Crippen LogP contribution in [0.1, 0.15) is 19.4 Å². The number of hydrogen-bond acceptors (Lipinski definition) is 8. The number of benzene rings is 1. The number of carboxylic acid groups (broad SMARTS) is 1. The predicted octanol–water partition coefficient (Wildman–Crippen LogP) is 2.55. The minimum atomic E-state index is -5.08. The van der Waals surface area contributed by atoms with Gasteiger partial charge in [-0.2, -0.15) is 17.5 Å². The van der Waals surface area contributed by atoms with Crippen molar-refractivity contribution in [3.63, 3.8) is 0 Å². The highest BCUT2D eigenvalue weighted by atomic mass is 32.2. The van der Waals surface area contributed by atoms with Crippen molar-refractivity contribution in [2.75, 3.05) is 31.8 Å². The summed E-state index contributed by atoms with van der Waals surface area (Å²) in [6, 6.07) is 9.06. The van der Waals surface area contributed by atoms with Crippen LogP contribution in [0.15, 0.2) is 41.4 Å². The van der Waals surface area contributed by atoms with E-state index in [1.807, 2.05) is 44.0 Å². The van der Waals surface area contributed by atoms with Crippen LogP contribution in [0.4, 0.5) is 19.0 Å². The lowest BCUT2D eigenvalue weighted by Gasteiger charge is -2.34. The number of aliphatic carboxylic acids is 1. The molecule has 5 rings (SSSR count). The van der Waals surface area contributed by atoms with Crippen molar-refractivity contribution in [3.8, 4) is 11.5 Å². The van der Waals surface area contributed by atoms with Gasteiger partial charge >= 0.3 is 12.1 Å². The number of halogens is 3. The summed E-state index contributed by atoms with van der Waals surface area (Å²) >= 11 is 0. The summed E-state index contributed by atoms with van der Waals surface area (Å²) in [4.78, 5) is 18.0. The molecule has 14 heteroatoms. The third kappa shape index (κ3) is 5.31. The number of nitrogens with zero attached hydrogens (tertiary/aromatic N) is 4. The minimum Gasteiger partial charge on any atom is -0.475 e. The molecule has 0 bridgehead atoms. The van der Waals surface area contributed by atoms with Gasteiger partial charge in [0.15, 0.2) is 11.5 Å². The fraction of sp³-hybridized carbons (Fsp3) is 0.478. The molecular formula is C23H27F3N4O6S. The Bertz CT molecular complexity index is 1270. The van der Waals surface area contributed by atoms with Gasteiger partial charge in [-0.05, 0) is 43.7 Å². The quantitative estimate of drug-likeness (QED) is 0.623. The number of fused-ring (bicyclic) bond motifs is 3. The summed E-state index contributed by atoms with van der Waals surface area (Å²) in [6.07, 6.45) is -3.43. The average molecular weight is 545 g/mol. The fourth-order valence-corrected chi connectivity index (χ4v) is 6.89. The molecule has 4 heterocycles. The molecule has 2 unspecified atom stereocenters. The van der Waals surface area contributed by atoms with Crippen molar-refractivity contribution in [1.82, 2.24) is 14.2 Å². The van der Waals surface area contributed by atoms with Crippen LogP contribution < -0.4 is 14.4 Å². The molecule has 1 saturated heterocycles. The van der Waals surface area contributed by atoms with E-state index in [1.165, 1.54) is 0 Å². The van der Waals surface area contributed by atoms with Crippen LogP contribution in [0.3, 0.4) is 0 Å². The van der Waals surface area contributed by atoms with E-state index in [0.717, 1.165) is 30.2 Å². The molecule has 0 radical (unpaired) electrons. The summed E-state index contributed by atoms with van der Waals surface area (Å²) in [5.41, 5.74) is 1.12. The summed E-state index contributed by atoms with van der Waals surface area (Å²) in [5.74, 6) is -0.694. The number of aromatic nitrogens is 1. The van der Waals surface area contributed by atoms with Gasteiger partial charge < -0.3 is 19.5 Å². The van der Waals surface area contributed by atoms with Crippen molar-refractivity contribution in [3.05, 3.63) is 42.1 Å². The second kappa shape index (κ2) is 9.99. The third-order valence-electron chi connectivity index (χ3n) is 6.39. The van der Waals surface area contributed by atoms with Gasteiger partial charge in [0.25, 0.3) is 0 Å². The number of ether oxygens (including phenoxy) is 2. The van der Waals surface area contributed by atoms with Gasteiger partial charge in [0.2, 0.25) is 16.8 Å². The number of alkyl halides is 3. The molecule has 2 aromatic rings. The maximum atomic E-state index is 13.6. The third-order valence-corrected chi connectivity index (χ3v) is 8.52. The Morgan fingerprint density at radius 2 is 1.81 bits per heavy atom. The Morgan fingerprint density at radius 1 is 1.16 bits per heavy atom. The number of likely N-dealkylation sites (N-methyl/N-ethyl adjacent to an activating group) is 1. The van der Waals surface area contributed by atoms with E-state index in [9.17, 15) is 21.6 Å². The minimum absolute atomic E-state index is 0.0207. The molecule has 37 heavy (non-hydrogen) atoms. The van der Waals surface area contributed by atoms with Crippen molar-refractivity contribution < 1.29 is 41.0 Å². The first-order chi connectivity index (χ1) is 17.3. The summed E-state index contributed by atoms with van der Waals surface area (Å²) in [6.45, 7) is 6.27. The summed E-state index contributed by atoms with van der Waals surface area (Å²) in [5, 5.41) is 7.12. The molecule has 1 N–H and O–H groups in total. The molecule has 0 saturated carbocycles. The van der Waals surface area contributed by atoms with E-state index < -0.39 is 22.2 Å². The maximum absolute atomic E-state index is 13.6. The molecule has 0 spiro atoms. The zero-order chi connectivity index (χ0) is 27.1.